The Morgan fingerprint density at radius 2 is 1.62 bits per heavy atom. The lowest BCUT2D eigenvalue weighted by Crippen LogP contribution is -2.26. The number of amides is 2. The molecule has 1 aromatic carbocycles. The van der Waals surface area contributed by atoms with Gasteiger partial charge in [-0.2, -0.15) is 0 Å². The third kappa shape index (κ3) is 1.91. The minimum absolute atomic E-state index is 0.278. The summed E-state index contributed by atoms with van der Waals surface area (Å²) in [5.41, 5.74) is 4.18. The van der Waals surface area contributed by atoms with Gasteiger partial charge in [-0.25, -0.2) is 0 Å². The number of pyridine rings is 1. The summed E-state index contributed by atoms with van der Waals surface area (Å²) in [5.74, 6) is -0.564. The maximum absolute atomic E-state index is 12.8. The van der Waals surface area contributed by atoms with E-state index in [4.69, 9.17) is 0 Å². The second-order valence-corrected chi connectivity index (χ2v) is 5.83. The molecule has 0 spiro atoms. The van der Waals surface area contributed by atoms with Gasteiger partial charge in [0.1, 0.15) is 0 Å². The average Bonchev–Trinajstić information content (AvgIpc) is 3.04. The van der Waals surface area contributed by atoms with Crippen molar-refractivity contribution < 1.29 is 9.59 Å². The molecule has 0 aliphatic carbocycles. The predicted molar refractivity (Wildman–Crippen MR) is 91.9 cm³/mol. The topological polar surface area (TPSA) is 66.1 Å². The van der Waals surface area contributed by atoms with Gasteiger partial charge in [0.2, 0.25) is 0 Å². The molecular weight excluding hydrogens is 302 g/mol. The van der Waals surface area contributed by atoms with Crippen molar-refractivity contribution in [2.75, 3.05) is 7.05 Å². The van der Waals surface area contributed by atoms with Gasteiger partial charge in [-0.3, -0.25) is 19.5 Å². The van der Waals surface area contributed by atoms with Crippen LogP contribution in [0.1, 0.15) is 16.8 Å². The number of H-pyrrole nitrogens is 1. The number of imide groups is 1. The van der Waals surface area contributed by atoms with Crippen molar-refractivity contribution in [3.05, 3.63) is 65.6 Å². The van der Waals surface area contributed by atoms with Gasteiger partial charge in [-0.1, -0.05) is 18.2 Å². The predicted octanol–water partition coefficient (Wildman–Crippen LogP) is 2.78. The standard InChI is InChI=1S/C19H15N3O2/c1-11-15(13-5-3-4-6-14(13)21-11)17-16(12-7-9-20-10-8-12)18(23)22(2)19(17)24/h3-10,21H,1-2H3. The number of nitrogens with one attached hydrogen (secondary N) is 1. The third-order valence-electron chi connectivity index (χ3n) is 4.40. The molecule has 1 aliphatic rings. The molecule has 5 heteroatoms. The highest BCUT2D eigenvalue weighted by Crippen LogP contribution is 2.39. The first kappa shape index (κ1) is 14.4. The van der Waals surface area contributed by atoms with Crippen molar-refractivity contribution in [3.8, 4) is 0 Å². The maximum atomic E-state index is 12.8. The Morgan fingerprint density at radius 3 is 2.38 bits per heavy atom. The molecule has 2 amide bonds. The summed E-state index contributed by atoms with van der Waals surface area (Å²) in [6.07, 6.45) is 3.25. The molecule has 0 bridgehead atoms. The summed E-state index contributed by atoms with van der Waals surface area (Å²) in [5, 5.41) is 0.938. The summed E-state index contributed by atoms with van der Waals surface area (Å²) in [6, 6.07) is 11.3. The van der Waals surface area contributed by atoms with Crippen LogP contribution in [0.3, 0.4) is 0 Å². The van der Waals surface area contributed by atoms with E-state index in [1.54, 1.807) is 24.5 Å². The lowest BCUT2D eigenvalue weighted by Gasteiger charge is -2.06. The highest BCUT2D eigenvalue weighted by Gasteiger charge is 2.38. The Kier molecular flexibility index (Phi) is 3.09. The molecule has 1 N–H and O–H groups in total. The second-order valence-electron chi connectivity index (χ2n) is 5.83. The van der Waals surface area contributed by atoms with E-state index < -0.39 is 0 Å². The van der Waals surface area contributed by atoms with Crippen LogP contribution in [0.2, 0.25) is 0 Å². The van der Waals surface area contributed by atoms with Crippen molar-refractivity contribution in [1.82, 2.24) is 14.9 Å². The van der Waals surface area contributed by atoms with E-state index in [0.29, 0.717) is 16.7 Å². The van der Waals surface area contributed by atoms with Gasteiger partial charge >= 0.3 is 0 Å². The number of likely N-dealkylation sites (N-methyl/N-ethyl adjacent to an activating group) is 1. The van der Waals surface area contributed by atoms with Crippen LogP contribution in [0.25, 0.3) is 22.0 Å². The lowest BCUT2D eigenvalue weighted by atomic mass is 9.95. The molecule has 2 aromatic heterocycles. The van der Waals surface area contributed by atoms with Crippen LogP contribution >= 0.6 is 0 Å². The first-order chi connectivity index (χ1) is 11.6. The van der Waals surface area contributed by atoms with Crippen LogP contribution in [-0.2, 0) is 9.59 Å². The Hall–Kier alpha value is -3.21. The Balaban J connectivity index is 2.09. The number of benzene rings is 1. The molecule has 3 heterocycles. The molecule has 118 valence electrons. The number of hydrogen-bond acceptors (Lipinski definition) is 3. The number of fused-ring (bicyclic) bond motifs is 1. The minimum Gasteiger partial charge on any atom is -0.358 e. The Bertz CT molecular complexity index is 1020. The number of carbonyl (C=O) groups excluding carboxylic acids is 2. The average molecular weight is 317 g/mol. The number of hydrogen-bond donors (Lipinski definition) is 1. The fourth-order valence-electron chi connectivity index (χ4n) is 3.26. The van der Waals surface area contributed by atoms with E-state index in [1.807, 2.05) is 31.2 Å². The quantitative estimate of drug-likeness (QED) is 0.739. The van der Waals surface area contributed by atoms with Gasteiger partial charge in [-0.15, -0.1) is 0 Å². The fraction of sp³-hybridized carbons (Fsp3) is 0.105. The number of carbonyl (C=O) groups is 2. The molecular formula is C19H15N3O2. The van der Waals surface area contributed by atoms with Crippen molar-refractivity contribution >= 4 is 33.9 Å². The molecule has 0 fully saturated rings. The van der Waals surface area contributed by atoms with Gasteiger partial charge in [0.25, 0.3) is 11.8 Å². The maximum Gasteiger partial charge on any atom is 0.262 e. The van der Waals surface area contributed by atoms with Crippen LogP contribution in [0.15, 0.2) is 48.8 Å². The van der Waals surface area contributed by atoms with Crippen LogP contribution in [-0.4, -0.2) is 33.7 Å². The van der Waals surface area contributed by atoms with E-state index in [9.17, 15) is 9.59 Å². The molecule has 0 atom stereocenters. The summed E-state index contributed by atoms with van der Waals surface area (Å²) in [4.78, 5) is 34.0. The molecule has 4 rings (SSSR count). The largest absolute Gasteiger partial charge is 0.358 e. The highest BCUT2D eigenvalue weighted by molar-refractivity contribution is 6.49. The SMILES string of the molecule is Cc1[nH]c2ccccc2c1C1=C(c2ccncc2)C(=O)N(C)C1=O. The molecule has 3 aromatic rings. The molecule has 0 radical (unpaired) electrons. The van der Waals surface area contributed by atoms with Gasteiger partial charge < -0.3 is 4.98 Å². The van der Waals surface area contributed by atoms with Gasteiger partial charge in [0.05, 0.1) is 11.1 Å². The molecule has 0 unspecified atom stereocenters. The summed E-state index contributed by atoms with van der Waals surface area (Å²) < 4.78 is 0. The van der Waals surface area contributed by atoms with E-state index >= 15 is 0 Å². The van der Waals surface area contributed by atoms with Crippen molar-refractivity contribution in [3.63, 3.8) is 0 Å². The summed E-state index contributed by atoms with van der Waals surface area (Å²) in [6.45, 7) is 1.92. The zero-order valence-electron chi connectivity index (χ0n) is 13.3. The van der Waals surface area contributed by atoms with Gasteiger partial charge in [0, 0.05) is 41.6 Å². The van der Waals surface area contributed by atoms with E-state index in [-0.39, 0.29) is 11.8 Å². The normalized spacial score (nSPS) is 15.0. The van der Waals surface area contributed by atoms with Crippen molar-refractivity contribution in [2.45, 2.75) is 6.92 Å². The van der Waals surface area contributed by atoms with E-state index in [0.717, 1.165) is 22.2 Å². The Morgan fingerprint density at radius 1 is 0.958 bits per heavy atom. The zero-order valence-corrected chi connectivity index (χ0v) is 13.3. The fourth-order valence-corrected chi connectivity index (χ4v) is 3.26. The van der Waals surface area contributed by atoms with Gasteiger partial charge in [0.15, 0.2) is 0 Å². The number of aromatic amines is 1. The zero-order chi connectivity index (χ0) is 16.8. The molecule has 0 saturated carbocycles. The number of aromatic nitrogens is 2. The summed E-state index contributed by atoms with van der Waals surface area (Å²) in [7, 11) is 1.52. The summed E-state index contributed by atoms with van der Waals surface area (Å²) >= 11 is 0. The second kappa shape index (κ2) is 5.16. The monoisotopic (exact) mass is 317 g/mol. The molecule has 1 aliphatic heterocycles. The van der Waals surface area contributed by atoms with Crippen LogP contribution in [0.5, 0.6) is 0 Å². The first-order valence-electron chi connectivity index (χ1n) is 7.64. The number of aryl methyl sites for hydroxylation is 1. The third-order valence-corrected chi connectivity index (χ3v) is 4.40. The van der Waals surface area contributed by atoms with Crippen LogP contribution in [0, 0.1) is 6.92 Å². The Labute approximate surface area is 138 Å². The number of nitrogens with zero attached hydrogens (tertiary/aromatic N) is 2. The lowest BCUT2D eigenvalue weighted by molar-refractivity contribution is -0.134. The molecule has 0 saturated heterocycles. The molecule has 5 nitrogen and oxygen atoms in total. The van der Waals surface area contributed by atoms with Crippen LogP contribution < -0.4 is 0 Å². The smallest absolute Gasteiger partial charge is 0.262 e. The van der Waals surface area contributed by atoms with Gasteiger partial charge in [-0.05, 0) is 30.7 Å². The van der Waals surface area contributed by atoms with Crippen molar-refractivity contribution in [2.24, 2.45) is 0 Å². The van der Waals surface area contributed by atoms with E-state index in [2.05, 4.69) is 9.97 Å². The van der Waals surface area contributed by atoms with E-state index in [1.165, 1.54) is 11.9 Å². The number of rotatable bonds is 2. The van der Waals surface area contributed by atoms with Crippen LogP contribution in [0.4, 0.5) is 0 Å². The first-order valence-corrected chi connectivity index (χ1v) is 7.64. The molecule has 24 heavy (non-hydrogen) atoms. The minimum atomic E-state index is -0.286. The number of para-hydroxylation sites is 1. The van der Waals surface area contributed by atoms with Crippen molar-refractivity contribution in [1.29, 1.82) is 0 Å². The highest BCUT2D eigenvalue weighted by atomic mass is 16.2.